The summed E-state index contributed by atoms with van der Waals surface area (Å²) < 4.78 is 7.51. The van der Waals surface area contributed by atoms with Crippen molar-refractivity contribution in [1.29, 1.82) is 0 Å². The number of aromatic nitrogens is 3. The van der Waals surface area contributed by atoms with Crippen molar-refractivity contribution in [2.45, 2.75) is 19.4 Å². The average molecular weight is 259 g/mol. The second-order valence-corrected chi connectivity index (χ2v) is 4.83. The molecule has 0 bridgehead atoms. The third kappa shape index (κ3) is 2.10. The standard InChI is InChI=1S/C14H17N3O2/c1-19-12-5-3-2-4-11(12)14-16-15-13-8-10(9-18)6-7-17(13)14/h2-5,10,18H,6-9H2,1H3. The van der Waals surface area contributed by atoms with Gasteiger partial charge in [0, 0.05) is 19.6 Å². The molecule has 0 spiro atoms. The summed E-state index contributed by atoms with van der Waals surface area (Å²) in [5.74, 6) is 2.92. The molecule has 2 heterocycles. The zero-order valence-electron chi connectivity index (χ0n) is 10.9. The van der Waals surface area contributed by atoms with Gasteiger partial charge in [-0.1, -0.05) is 12.1 Å². The molecule has 0 saturated carbocycles. The molecule has 1 aromatic heterocycles. The summed E-state index contributed by atoms with van der Waals surface area (Å²) in [6.07, 6.45) is 1.75. The molecule has 1 unspecified atom stereocenters. The van der Waals surface area contributed by atoms with Gasteiger partial charge in [0.1, 0.15) is 11.6 Å². The summed E-state index contributed by atoms with van der Waals surface area (Å²) in [7, 11) is 1.66. The Morgan fingerprint density at radius 3 is 3.00 bits per heavy atom. The highest BCUT2D eigenvalue weighted by molar-refractivity contribution is 5.64. The summed E-state index contributed by atoms with van der Waals surface area (Å²) in [6, 6.07) is 7.83. The van der Waals surface area contributed by atoms with Crippen LogP contribution in [0.3, 0.4) is 0 Å². The molecule has 2 aromatic rings. The smallest absolute Gasteiger partial charge is 0.167 e. The summed E-state index contributed by atoms with van der Waals surface area (Å²) in [5.41, 5.74) is 0.964. The first-order chi connectivity index (χ1) is 9.33. The second kappa shape index (κ2) is 5.01. The van der Waals surface area contributed by atoms with Crippen molar-refractivity contribution in [2.24, 2.45) is 5.92 Å². The van der Waals surface area contributed by atoms with Crippen LogP contribution in [-0.2, 0) is 13.0 Å². The molecule has 1 N–H and O–H groups in total. The number of hydrogen-bond acceptors (Lipinski definition) is 4. The fraction of sp³-hybridized carbons (Fsp3) is 0.429. The van der Waals surface area contributed by atoms with Crippen LogP contribution in [0, 0.1) is 5.92 Å². The van der Waals surface area contributed by atoms with Gasteiger partial charge in [-0.3, -0.25) is 0 Å². The summed E-state index contributed by atoms with van der Waals surface area (Å²) in [4.78, 5) is 0. The third-order valence-electron chi connectivity index (χ3n) is 3.67. The highest BCUT2D eigenvalue weighted by Crippen LogP contribution is 2.31. The minimum atomic E-state index is 0.219. The van der Waals surface area contributed by atoms with Crippen molar-refractivity contribution in [2.75, 3.05) is 13.7 Å². The van der Waals surface area contributed by atoms with E-state index in [0.29, 0.717) is 5.92 Å². The van der Waals surface area contributed by atoms with Crippen molar-refractivity contribution >= 4 is 0 Å². The molecule has 0 fully saturated rings. The number of rotatable bonds is 3. The number of fused-ring (bicyclic) bond motifs is 1. The number of ether oxygens (including phenoxy) is 1. The Morgan fingerprint density at radius 2 is 2.21 bits per heavy atom. The first-order valence-corrected chi connectivity index (χ1v) is 6.49. The molecule has 1 aliphatic heterocycles. The van der Waals surface area contributed by atoms with Crippen molar-refractivity contribution in [3.05, 3.63) is 30.1 Å². The van der Waals surface area contributed by atoms with Crippen molar-refractivity contribution in [3.8, 4) is 17.1 Å². The number of benzene rings is 1. The number of para-hydroxylation sites is 1. The lowest BCUT2D eigenvalue weighted by molar-refractivity contribution is 0.199. The van der Waals surface area contributed by atoms with Crippen LogP contribution in [-0.4, -0.2) is 33.6 Å². The molecule has 5 nitrogen and oxygen atoms in total. The molecule has 3 rings (SSSR count). The molecule has 19 heavy (non-hydrogen) atoms. The van der Waals surface area contributed by atoms with Gasteiger partial charge in [0.25, 0.3) is 0 Å². The first kappa shape index (κ1) is 12.2. The zero-order chi connectivity index (χ0) is 13.2. The number of nitrogens with zero attached hydrogens (tertiary/aromatic N) is 3. The van der Waals surface area contributed by atoms with Gasteiger partial charge in [-0.2, -0.15) is 0 Å². The quantitative estimate of drug-likeness (QED) is 0.907. The monoisotopic (exact) mass is 259 g/mol. The molecule has 1 aliphatic rings. The van der Waals surface area contributed by atoms with Gasteiger partial charge in [0.05, 0.1) is 12.7 Å². The van der Waals surface area contributed by atoms with E-state index in [1.165, 1.54) is 0 Å². The van der Waals surface area contributed by atoms with E-state index in [0.717, 1.165) is 42.3 Å². The highest BCUT2D eigenvalue weighted by Gasteiger charge is 2.24. The number of methoxy groups -OCH3 is 1. The van der Waals surface area contributed by atoms with E-state index in [9.17, 15) is 5.11 Å². The van der Waals surface area contributed by atoms with E-state index >= 15 is 0 Å². The molecule has 0 aliphatic carbocycles. The fourth-order valence-electron chi connectivity index (χ4n) is 2.58. The molecule has 0 amide bonds. The Balaban J connectivity index is 2.01. The minimum absolute atomic E-state index is 0.219. The van der Waals surface area contributed by atoms with E-state index in [-0.39, 0.29) is 6.61 Å². The Hall–Kier alpha value is -1.88. The van der Waals surface area contributed by atoms with Gasteiger partial charge < -0.3 is 14.4 Å². The van der Waals surface area contributed by atoms with E-state index in [1.54, 1.807) is 7.11 Å². The number of hydrogen-bond donors (Lipinski definition) is 1. The van der Waals surface area contributed by atoms with Gasteiger partial charge in [-0.25, -0.2) is 0 Å². The van der Waals surface area contributed by atoms with Crippen LogP contribution in [0.25, 0.3) is 11.4 Å². The molecule has 0 radical (unpaired) electrons. The van der Waals surface area contributed by atoms with Crippen molar-refractivity contribution in [1.82, 2.24) is 14.8 Å². The van der Waals surface area contributed by atoms with Crippen LogP contribution in [0.1, 0.15) is 12.2 Å². The topological polar surface area (TPSA) is 60.2 Å². The Bertz CT molecular complexity index is 580. The molecule has 0 saturated heterocycles. The molecule has 1 atom stereocenters. The highest BCUT2D eigenvalue weighted by atomic mass is 16.5. The van der Waals surface area contributed by atoms with Crippen LogP contribution in [0.2, 0.25) is 0 Å². The largest absolute Gasteiger partial charge is 0.496 e. The summed E-state index contributed by atoms with van der Waals surface area (Å²) in [6.45, 7) is 1.07. The summed E-state index contributed by atoms with van der Waals surface area (Å²) in [5, 5.41) is 17.8. The predicted molar refractivity (Wildman–Crippen MR) is 70.9 cm³/mol. The van der Waals surface area contributed by atoms with Crippen LogP contribution in [0.5, 0.6) is 5.75 Å². The van der Waals surface area contributed by atoms with Crippen LogP contribution in [0.15, 0.2) is 24.3 Å². The number of aliphatic hydroxyl groups is 1. The lowest BCUT2D eigenvalue weighted by atomic mass is 9.98. The predicted octanol–water partition coefficient (Wildman–Crippen LogP) is 1.51. The maximum absolute atomic E-state index is 9.25. The maximum atomic E-state index is 9.25. The number of aliphatic hydroxyl groups excluding tert-OH is 1. The van der Waals surface area contributed by atoms with Crippen molar-refractivity contribution in [3.63, 3.8) is 0 Å². The van der Waals surface area contributed by atoms with Gasteiger partial charge in [-0.05, 0) is 24.5 Å². The molecule has 100 valence electrons. The minimum Gasteiger partial charge on any atom is -0.496 e. The normalized spacial score (nSPS) is 18.1. The molecule has 1 aromatic carbocycles. The van der Waals surface area contributed by atoms with Gasteiger partial charge in [0.15, 0.2) is 5.82 Å². The lowest BCUT2D eigenvalue weighted by Gasteiger charge is -2.22. The lowest BCUT2D eigenvalue weighted by Crippen LogP contribution is -2.22. The average Bonchev–Trinajstić information content (AvgIpc) is 2.89. The van der Waals surface area contributed by atoms with E-state index in [4.69, 9.17) is 4.74 Å². The van der Waals surface area contributed by atoms with E-state index in [1.807, 2.05) is 24.3 Å². The van der Waals surface area contributed by atoms with Gasteiger partial charge in [-0.15, -0.1) is 10.2 Å². The SMILES string of the molecule is COc1ccccc1-c1nnc2n1CCC(CO)C2. The van der Waals surface area contributed by atoms with Crippen LogP contribution >= 0.6 is 0 Å². The molecular weight excluding hydrogens is 242 g/mol. The van der Waals surface area contributed by atoms with Crippen molar-refractivity contribution < 1.29 is 9.84 Å². The Kier molecular flexibility index (Phi) is 3.21. The second-order valence-electron chi connectivity index (χ2n) is 4.83. The molecular formula is C14H17N3O2. The Morgan fingerprint density at radius 1 is 1.37 bits per heavy atom. The fourth-order valence-corrected chi connectivity index (χ4v) is 2.58. The van der Waals surface area contributed by atoms with Gasteiger partial charge in [0.2, 0.25) is 0 Å². The van der Waals surface area contributed by atoms with Crippen LogP contribution in [0.4, 0.5) is 0 Å². The van der Waals surface area contributed by atoms with E-state index in [2.05, 4.69) is 14.8 Å². The third-order valence-corrected chi connectivity index (χ3v) is 3.67. The van der Waals surface area contributed by atoms with Crippen LogP contribution < -0.4 is 4.74 Å². The first-order valence-electron chi connectivity index (χ1n) is 6.49. The van der Waals surface area contributed by atoms with Gasteiger partial charge >= 0.3 is 0 Å². The summed E-state index contributed by atoms with van der Waals surface area (Å²) >= 11 is 0. The Labute approximate surface area is 111 Å². The maximum Gasteiger partial charge on any atom is 0.167 e. The molecule has 5 heteroatoms. The zero-order valence-corrected chi connectivity index (χ0v) is 10.9. The van der Waals surface area contributed by atoms with E-state index < -0.39 is 0 Å².